The average molecular weight is 408 g/mol. The Bertz CT molecular complexity index is 1010. The summed E-state index contributed by atoms with van der Waals surface area (Å²) < 4.78 is 0. The van der Waals surface area contributed by atoms with E-state index in [0.29, 0.717) is 31.7 Å². The van der Waals surface area contributed by atoms with Crippen LogP contribution in [-0.2, 0) is 28.9 Å². The number of aromatic amines is 1. The molecule has 0 saturated carbocycles. The lowest BCUT2D eigenvalue weighted by molar-refractivity contribution is -0.137. The first kappa shape index (κ1) is 21.6. The van der Waals surface area contributed by atoms with E-state index in [-0.39, 0.29) is 12.3 Å². The summed E-state index contributed by atoms with van der Waals surface area (Å²) in [6.45, 7) is 4.64. The average Bonchev–Trinajstić information content (AvgIpc) is 3.05. The van der Waals surface area contributed by atoms with Gasteiger partial charge in [-0.05, 0) is 47.6 Å². The predicted molar refractivity (Wildman–Crippen MR) is 117 cm³/mol. The molecule has 6 heteroatoms. The van der Waals surface area contributed by atoms with Gasteiger partial charge in [0.25, 0.3) is 0 Å². The van der Waals surface area contributed by atoms with Gasteiger partial charge in [-0.15, -0.1) is 0 Å². The number of nitrogens with one attached hydrogen (secondary N) is 2. The molecule has 3 rings (SSSR count). The Kier molecular flexibility index (Phi) is 7.22. The van der Waals surface area contributed by atoms with E-state index < -0.39 is 5.97 Å². The minimum absolute atomic E-state index is 0.0731. The highest BCUT2D eigenvalue weighted by Gasteiger charge is 2.16. The number of carboxylic acids is 1. The zero-order chi connectivity index (χ0) is 21.5. The number of H-pyrrole nitrogens is 1. The van der Waals surface area contributed by atoms with Gasteiger partial charge in [-0.2, -0.15) is 0 Å². The fourth-order valence-corrected chi connectivity index (χ4v) is 3.78. The Morgan fingerprint density at radius 2 is 2.00 bits per heavy atom. The molecule has 0 aliphatic carbocycles. The zero-order valence-electron chi connectivity index (χ0n) is 17.6. The second-order valence-electron chi connectivity index (χ2n) is 8.05. The van der Waals surface area contributed by atoms with E-state index in [2.05, 4.69) is 21.4 Å². The van der Waals surface area contributed by atoms with Crippen LogP contribution in [0.5, 0.6) is 0 Å². The molecule has 0 fully saturated rings. The van der Waals surface area contributed by atoms with Crippen LogP contribution in [0.2, 0.25) is 0 Å². The number of amides is 1. The van der Waals surface area contributed by atoms with Crippen molar-refractivity contribution in [2.75, 3.05) is 6.54 Å². The predicted octanol–water partition coefficient (Wildman–Crippen LogP) is 3.88. The van der Waals surface area contributed by atoms with Crippen molar-refractivity contribution in [3.63, 3.8) is 0 Å². The fraction of sp³-hybridized carbons (Fsp3) is 0.375. The van der Waals surface area contributed by atoms with Crippen molar-refractivity contribution in [1.29, 1.82) is 0 Å². The van der Waals surface area contributed by atoms with Gasteiger partial charge in [0.05, 0.1) is 6.42 Å². The molecule has 6 nitrogen and oxygen atoms in total. The fourth-order valence-electron chi connectivity index (χ4n) is 3.78. The van der Waals surface area contributed by atoms with E-state index in [1.54, 1.807) is 6.20 Å². The molecule has 1 amide bonds. The van der Waals surface area contributed by atoms with Crippen LogP contribution in [0.1, 0.15) is 49.1 Å². The van der Waals surface area contributed by atoms with Crippen molar-refractivity contribution >= 4 is 22.8 Å². The Balaban J connectivity index is 1.89. The molecule has 2 aromatic heterocycles. The van der Waals surface area contributed by atoms with E-state index in [1.807, 2.05) is 44.3 Å². The molecule has 0 unspecified atom stereocenters. The van der Waals surface area contributed by atoms with E-state index in [0.717, 1.165) is 39.7 Å². The molecule has 0 atom stereocenters. The second kappa shape index (κ2) is 10.1. The molecule has 3 N–H and O–H groups in total. The van der Waals surface area contributed by atoms with Crippen LogP contribution in [-0.4, -0.2) is 33.5 Å². The van der Waals surface area contributed by atoms with Gasteiger partial charge in [-0.3, -0.25) is 14.6 Å². The number of nitrogens with zero attached hydrogens (tertiary/aromatic N) is 1. The monoisotopic (exact) mass is 407 g/mol. The second-order valence-corrected chi connectivity index (χ2v) is 8.05. The molecule has 0 bridgehead atoms. The number of pyridine rings is 1. The number of aliphatic carboxylic acids is 1. The van der Waals surface area contributed by atoms with E-state index in [4.69, 9.17) is 5.11 Å². The summed E-state index contributed by atoms with van der Waals surface area (Å²) in [5.41, 5.74) is 5.29. The molecule has 158 valence electrons. The summed E-state index contributed by atoms with van der Waals surface area (Å²) in [6, 6.07) is 10.0. The Morgan fingerprint density at radius 1 is 1.17 bits per heavy atom. The number of fused-ring (bicyclic) bond motifs is 1. The first-order chi connectivity index (χ1) is 14.4. The Morgan fingerprint density at radius 3 is 2.70 bits per heavy atom. The molecule has 1 aromatic carbocycles. The third-order valence-corrected chi connectivity index (χ3v) is 5.11. The molecular weight excluding hydrogens is 378 g/mol. The SMILES string of the molecule is CC(C)CC(=O)NCCc1cccc2[nH]c(CCC(=O)O)c(Cc3cccnc3)c12. The highest BCUT2D eigenvalue weighted by Crippen LogP contribution is 2.29. The van der Waals surface area contributed by atoms with Crippen LogP contribution in [0.25, 0.3) is 10.9 Å². The zero-order valence-corrected chi connectivity index (χ0v) is 17.6. The third kappa shape index (κ3) is 5.69. The van der Waals surface area contributed by atoms with Gasteiger partial charge >= 0.3 is 5.97 Å². The van der Waals surface area contributed by atoms with Gasteiger partial charge in [0, 0.05) is 48.4 Å². The van der Waals surface area contributed by atoms with E-state index in [1.165, 1.54) is 0 Å². The molecule has 0 aliphatic heterocycles. The minimum atomic E-state index is -0.811. The maximum absolute atomic E-state index is 12.0. The molecule has 30 heavy (non-hydrogen) atoms. The standard InChI is InChI=1S/C24H29N3O3/c1-16(2)13-22(28)26-12-10-18-6-3-7-21-24(18)19(14-17-5-4-11-25-15-17)20(27-21)8-9-23(29)30/h3-7,11,15-16,27H,8-10,12-14H2,1-2H3,(H,26,28)(H,29,30). The largest absolute Gasteiger partial charge is 0.481 e. The lowest BCUT2D eigenvalue weighted by Gasteiger charge is -2.10. The van der Waals surface area contributed by atoms with Gasteiger partial charge in [-0.1, -0.05) is 32.0 Å². The van der Waals surface area contributed by atoms with Crippen LogP contribution >= 0.6 is 0 Å². The third-order valence-electron chi connectivity index (χ3n) is 5.11. The molecule has 3 aromatic rings. The maximum atomic E-state index is 12.0. The summed E-state index contributed by atoms with van der Waals surface area (Å²) >= 11 is 0. The first-order valence-electron chi connectivity index (χ1n) is 10.4. The summed E-state index contributed by atoms with van der Waals surface area (Å²) in [7, 11) is 0. The van der Waals surface area contributed by atoms with Gasteiger partial charge in [0.1, 0.15) is 0 Å². The minimum Gasteiger partial charge on any atom is -0.481 e. The summed E-state index contributed by atoms with van der Waals surface area (Å²) in [6.07, 6.45) is 6.04. The number of carbonyl (C=O) groups is 2. The van der Waals surface area contributed by atoms with Crippen molar-refractivity contribution in [3.05, 3.63) is 65.1 Å². The van der Waals surface area contributed by atoms with E-state index in [9.17, 15) is 9.59 Å². The number of aryl methyl sites for hydroxylation is 1. The van der Waals surface area contributed by atoms with E-state index >= 15 is 0 Å². The maximum Gasteiger partial charge on any atom is 0.303 e. The number of hydrogen-bond acceptors (Lipinski definition) is 3. The lowest BCUT2D eigenvalue weighted by Crippen LogP contribution is -2.26. The Hall–Kier alpha value is -3.15. The number of carbonyl (C=O) groups excluding carboxylic acids is 1. The Labute approximate surface area is 176 Å². The van der Waals surface area contributed by atoms with Gasteiger partial charge in [-0.25, -0.2) is 0 Å². The highest BCUT2D eigenvalue weighted by molar-refractivity contribution is 5.88. The number of aromatic nitrogens is 2. The smallest absolute Gasteiger partial charge is 0.303 e. The first-order valence-corrected chi connectivity index (χ1v) is 10.4. The number of benzene rings is 1. The van der Waals surface area contributed by atoms with Crippen LogP contribution in [0.3, 0.4) is 0 Å². The molecule has 2 heterocycles. The number of carboxylic acid groups (broad SMARTS) is 1. The highest BCUT2D eigenvalue weighted by atomic mass is 16.4. The van der Waals surface area contributed by atoms with Crippen molar-refractivity contribution in [1.82, 2.24) is 15.3 Å². The summed E-state index contributed by atoms with van der Waals surface area (Å²) in [5, 5.41) is 13.3. The lowest BCUT2D eigenvalue weighted by atomic mass is 9.96. The summed E-state index contributed by atoms with van der Waals surface area (Å²) in [4.78, 5) is 30.8. The number of hydrogen-bond donors (Lipinski definition) is 3. The summed E-state index contributed by atoms with van der Waals surface area (Å²) in [5.74, 6) is -0.404. The van der Waals surface area contributed by atoms with Crippen molar-refractivity contribution in [3.8, 4) is 0 Å². The van der Waals surface area contributed by atoms with Gasteiger partial charge < -0.3 is 15.4 Å². The molecule has 0 aliphatic rings. The van der Waals surface area contributed by atoms with Crippen molar-refractivity contribution in [2.24, 2.45) is 5.92 Å². The quantitative estimate of drug-likeness (QED) is 0.475. The van der Waals surface area contributed by atoms with Gasteiger partial charge in [0.2, 0.25) is 5.91 Å². The molecule has 0 spiro atoms. The molecular formula is C24H29N3O3. The van der Waals surface area contributed by atoms with Crippen molar-refractivity contribution < 1.29 is 14.7 Å². The van der Waals surface area contributed by atoms with Crippen LogP contribution in [0.15, 0.2) is 42.7 Å². The van der Waals surface area contributed by atoms with Crippen LogP contribution in [0.4, 0.5) is 0 Å². The van der Waals surface area contributed by atoms with Crippen LogP contribution < -0.4 is 5.32 Å². The normalized spacial score (nSPS) is 11.2. The molecule has 0 radical (unpaired) electrons. The van der Waals surface area contributed by atoms with Crippen molar-refractivity contribution in [2.45, 2.75) is 46.0 Å². The topological polar surface area (TPSA) is 95.1 Å². The molecule has 0 saturated heterocycles. The van der Waals surface area contributed by atoms with Gasteiger partial charge in [0.15, 0.2) is 0 Å². The van der Waals surface area contributed by atoms with Crippen LogP contribution in [0, 0.1) is 5.92 Å². The number of rotatable bonds is 10.